The van der Waals surface area contributed by atoms with E-state index in [0.29, 0.717) is 6.54 Å². The number of nitriles is 1. The fourth-order valence-electron chi connectivity index (χ4n) is 1.14. The van der Waals surface area contributed by atoms with Gasteiger partial charge in [0.05, 0.1) is 12.1 Å². The van der Waals surface area contributed by atoms with Gasteiger partial charge in [-0.05, 0) is 6.92 Å². The highest BCUT2D eigenvalue weighted by Gasteiger charge is 2.17. The smallest absolute Gasteiger partial charge is 0.111 e. The molecule has 1 heterocycles. The topological polar surface area (TPSA) is 64.5 Å². The number of nitrogens with zero attached hydrogens (tertiary/aromatic N) is 2. The molecule has 0 aliphatic heterocycles. The van der Waals surface area contributed by atoms with Gasteiger partial charge in [0.25, 0.3) is 0 Å². The molecule has 0 aromatic carbocycles. The van der Waals surface area contributed by atoms with Crippen LogP contribution >= 0.6 is 0 Å². The lowest BCUT2D eigenvalue weighted by Gasteiger charge is -2.14. The molecule has 1 unspecified atom stereocenters. The van der Waals surface area contributed by atoms with Crippen molar-refractivity contribution in [3.05, 3.63) is 17.7 Å². The molecule has 0 spiro atoms. The van der Waals surface area contributed by atoms with Crippen LogP contribution in [0.15, 0.2) is 6.20 Å². The van der Waals surface area contributed by atoms with E-state index >= 15 is 0 Å². The quantitative estimate of drug-likeness (QED) is 0.791. The van der Waals surface area contributed by atoms with E-state index in [-0.39, 0.29) is 11.5 Å². The number of imidazole rings is 1. The highest BCUT2D eigenvalue weighted by Crippen LogP contribution is 2.18. The third-order valence-corrected chi connectivity index (χ3v) is 2.13. The lowest BCUT2D eigenvalue weighted by molar-refractivity contribution is 0.549. The Hall–Kier alpha value is -1.34. The van der Waals surface area contributed by atoms with Crippen molar-refractivity contribution >= 4 is 0 Å². The molecule has 1 aromatic rings. The highest BCUT2D eigenvalue weighted by atomic mass is 15.0. The van der Waals surface area contributed by atoms with Crippen molar-refractivity contribution in [2.24, 2.45) is 0 Å². The molecule has 0 bridgehead atoms. The fraction of sp³-hybridized carbons (Fsp3) is 0.636. The maximum atomic E-state index is 8.61. The minimum Gasteiger partial charge on any atom is -0.344 e. The molecular formula is C11H18N4. The lowest BCUT2D eigenvalue weighted by atomic mass is 9.96. The van der Waals surface area contributed by atoms with Crippen molar-refractivity contribution in [3.8, 4) is 6.07 Å². The van der Waals surface area contributed by atoms with Gasteiger partial charge in [-0.3, -0.25) is 5.32 Å². The van der Waals surface area contributed by atoms with Gasteiger partial charge in [-0.1, -0.05) is 20.8 Å². The summed E-state index contributed by atoms with van der Waals surface area (Å²) in [5.41, 5.74) is 1.06. The van der Waals surface area contributed by atoms with Gasteiger partial charge in [0, 0.05) is 23.9 Å². The van der Waals surface area contributed by atoms with Crippen LogP contribution < -0.4 is 5.32 Å². The summed E-state index contributed by atoms with van der Waals surface area (Å²) in [5.74, 6) is 0.976. The number of hydrogen-bond donors (Lipinski definition) is 2. The average molecular weight is 206 g/mol. The van der Waals surface area contributed by atoms with E-state index in [2.05, 4.69) is 42.1 Å². The Kier molecular flexibility index (Phi) is 3.48. The predicted octanol–water partition coefficient (Wildman–Crippen LogP) is 1.71. The Morgan fingerprint density at radius 1 is 1.60 bits per heavy atom. The molecule has 82 valence electrons. The van der Waals surface area contributed by atoms with Crippen molar-refractivity contribution in [1.29, 1.82) is 5.26 Å². The first-order valence-corrected chi connectivity index (χ1v) is 5.11. The van der Waals surface area contributed by atoms with Gasteiger partial charge in [-0.25, -0.2) is 4.98 Å². The van der Waals surface area contributed by atoms with E-state index in [9.17, 15) is 0 Å². The molecule has 1 aromatic heterocycles. The first kappa shape index (κ1) is 11.7. The van der Waals surface area contributed by atoms with Crippen LogP contribution in [0.2, 0.25) is 0 Å². The zero-order valence-corrected chi connectivity index (χ0v) is 9.76. The van der Waals surface area contributed by atoms with Gasteiger partial charge in [-0.15, -0.1) is 0 Å². The Labute approximate surface area is 90.7 Å². The van der Waals surface area contributed by atoms with Crippen LogP contribution in [-0.4, -0.2) is 16.0 Å². The largest absolute Gasteiger partial charge is 0.344 e. The zero-order chi connectivity index (χ0) is 11.5. The Balaban J connectivity index is 2.59. The molecule has 4 nitrogen and oxygen atoms in total. The van der Waals surface area contributed by atoms with Crippen molar-refractivity contribution in [2.75, 3.05) is 0 Å². The second kappa shape index (κ2) is 4.45. The van der Waals surface area contributed by atoms with E-state index < -0.39 is 0 Å². The minimum atomic E-state index is -0.133. The molecule has 0 radical (unpaired) electrons. The number of aromatic nitrogens is 2. The molecule has 0 amide bonds. The Morgan fingerprint density at radius 3 is 2.73 bits per heavy atom. The van der Waals surface area contributed by atoms with Crippen LogP contribution in [-0.2, 0) is 12.0 Å². The van der Waals surface area contributed by atoms with Crippen molar-refractivity contribution in [1.82, 2.24) is 15.3 Å². The van der Waals surface area contributed by atoms with Crippen molar-refractivity contribution in [2.45, 2.75) is 45.7 Å². The SMILES string of the molecule is CC(C#N)NCc1cnc(C(C)(C)C)[nH]1. The normalized spacial score (nSPS) is 13.5. The molecule has 0 fully saturated rings. The molecular weight excluding hydrogens is 188 g/mol. The van der Waals surface area contributed by atoms with E-state index in [4.69, 9.17) is 5.26 Å². The summed E-state index contributed by atoms with van der Waals surface area (Å²) in [5, 5.41) is 11.7. The molecule has 0 aliphatic carbocycles. The summed E-state index contributed by atoms with van der Waals surface area (Å²) < 4.78 is 0. The number of hydrogen-bond acceptors (Lipinski definition) is 3. The first-order valence-electron chi connectivity index (χ1n) is 5.11. The maximum absolute atomic E-state index is 8.61. The third-order valence-electron chi connectivity index (χ3n) is 2.13. The number of H-pyrrole nitrogens is 1. The second-order valence-corrected chi connectivity index (χ2v) is 4.74. The fourth-order valence-corrected chi connectivity index (χ4v) is 1.14. The third kappa shape index (κ3) is 3.37. The summed E-state index contributed by atoms with van der Waals surface area (Å²) in [4.78, 5) is 7.56. The Morgan fingerprint density at radius 2 is 2.27 bits per heavy atom. The number of rotatable bonds is 3. The van der Waals surface area contributed by atoms with Gasteiger partial charge >= 0.3 is 0 Å². The zero-order valence-electron chi connectivity index (χ0n) is 9.76. The molecule has 15 heavy (non-hydrogen) atoms. The molecule has 1 rings (SSSR count). The summed E-state index contributed by atoms with van der Waals surface area (Å²) in [6.45, 7) is 8.82. The molecule has 0 saturated heterocycles. The first-order chi connectivity index (χ1) is 6.93. The molecule has 0 aliphatic rings. The lowest BCUT2D eigenvalue weighted by Crippen LogP contribution is -2.23. The van der Waals surface area contributed by atoms with E-state index in [1.807, 2.05) is 13.1 Å². The van der Waals surface area contributed by atoms with Gasteiger partial charge in [0.1, 0.15) is 5.82 Å². The Bertz CT molecular complexity index is 353. The van der Waals surface area contributed by atoms with E-state index in [0.717, 1.165) is 11.5 Å². The van der Waals surface area contributed by atoms with Crippen LogP contribution in [0.5, 0.6) is 0 Å². The molecule has 1 atom stereocenters. The van der Waals surface area contributed by atoms with Crippen LogP contribution in [0.25, 0.3) is 0 Å². The summed E-state index contributed by atoms with van der Waals surface area (Å²) in [7, 11) is 0. The number of aromatic amines is 1. The van der Waals surface area contributed by atoms with Gasteiger partial charge in [-0.2, -0.15) is 5.26 Å². The standard InChI is InChI=1S/C11H18N4/c1-8(5-12)13-6-9-7-14-10(15-9)11(2,3)4/h7-8,13H,6H2,1-4H3,(H,14,15). The minimum absolute atomic E-state index is 0.0408. The van der Waals surface area contributed by atoms with Crippen molar-refractivity contribution in [3.63, 3.8) is 0 Å². The molecule has 2 N–H and O–H groups in total. The second-order valence-electron chi connectivity index (χ2n) is 4.74. The van der Waals surface area contributed by atoms with E-state index in [1.54, 1.807) is 0 Å². The van der Waals surface area contributed by atoms with Gasteiger partial charge in [0.15, 0.2) is 0 Å². The summed E-state index contributed by atoms with van der Waals surface area (Å²) >= 11 is 0. The van der Waals surface area contributed by atoms with Gasteiger partial charge in [0.2, 0.25) is 0 Å². The van der Waals surface area contributed by atoms with Crippen LogP contribution in [0, 0.1) is 11.3 Å². The van der Waals surface area contributed by atoms with Crippen LogP contribution in [0.3, 0.4) is 0 Å². The number of nitrogens with one attached hydrogen (secondary N) is 2. The van der Waals surface area contributed by atoms with Gasteiger partial charge < -0.3 is 4.98 Å². The maximum Gasteiger partial charge on any atom is 0.111 e. The van der Waals surface area contributed by atoms with Crippen molar-refractivity contribution < 1.29 is 0 Å². The van der Waals surface area contributed by atoms with Crippen LogP contribution in [0.1, 0.15) is 39.2 Å². The monoisotopic (exact) mass is 206 g/mol. The van der Waals surface area contributed by atoms with Crippen LogP contribution in [0.4, 0.5) is 0 Å². The van der Waals surface area contributed by atoms with E-state index in [1.165, 1.54) is 0 Å². The predicted molar refractivity (Wildman–Crippen MR) is 59.2 cm³/mol. The summed E-state index contributed by atoms with van der Waals surface area (Å²) in [6, 6.07) is 1.99. The summed E-state index contributed by atoms with van der Waals surface area (Å²) in [6.07, 6.45) is 1.82. The average Bonchev–Trinajstić information content (AvgIpc) is 2.61. The molecule has 0 saturated carbocycles. The highest BCUT2D eigenvalue weighted by molar-refractivity contribution is 5.08. The molecule has 4 heteroatoms.